The number of Topliss-reactive ketones (excluding diaryl/α,β-unsaturated/α-hetero) is 1. The van der Waals surface area contributed by atoms with Crippen molar-refractivity contribution in [3.63, 3.8) is 0 Å². The van der Waals surface area contributed by atoms with Gasteiger partial charge in [-0.1, -0.05) is 30.3 Å². The van der Waals surface area contributed by atoms with Gasteiger partial charge in [0.2, 0.25) is 5.91 Å². The van der Waals surface area contributed by atoms with Gasteiger partial charge in [0.05, 0.1) is 30.3 Å². The second kappa shape index (κ2) is 9.06. The topological polar surface area (TPSA) is 82.7 Å². The number of nitrogens with zero attached hydrogens (tertiary/aromatic N) is 2. The minimum absolute atomic E-state index is 0.0693. The highest BCUT2D eigenvalue weighted by Gasteiger charge is 2.35. The Balaban J connectivity index is 1.61. The zero-order chi connectivity index (χ0) is 22.8. The maximum Gasteiger partial charge on any atom is 0.339 e. The van der Waals surface area contributed by atoms with E-state index in [4.69, 9.17) is 4.74 Å². The molecule has 1 aromatic heterocycles. The summed E-state index contributed by atoms with van der Waals surface area (Å²) in [5.74, 6) is -0.415. The second-order valence-electron chi connectivity index (χ2n) is 8.60. The third kappa shape index (κ3) is 4.56. The van der Waals surface area contributed by atoms with Gasteiger partial charge in [-0.25, -0.2) is 4.79 Å². The molecular formula is C24H31N3O4. The number of carbonyl (C=O) groups is 3. The molecule has 1 aliphatic rings. The van der Waals surface area contributed by atoms with Crippen molar-refractivity contribution < 1.29 is 19.1 Å². The number of ether oxygens (including phenoxy) is 1. The molecule has 0 unspecified atom stereocenters. The van der Waals surface area contributed by atoms with Gasteiger partial charge in [-0.15, -0.1) is 0 Å². The van der Waals surface area contributed by atoms with Gasteiger partial charge in [-0.2, -0.15) is 0 Å². The summed E-state index contributed by atoms with van der Waals surface area (Å²) in [6.45, 7) is 10.1. The van der Waals surface area contributed by atoms with Crippen molar-refractivity contribution in [3.05, 3.63) is 58.4 Å². The third-order valence-corrected chi connectivity index (χ3v) is 6.16. The van der Waals surface area contributed by atoms with Gasteiger partial charge in [0.15, 0.2) is 5.78 Å². The van der Waals surface area contributed by atoms with Crippen LogP contribution in [0.5, 0.6) is 0 Å². The lowest BCUT2D eigenvalue weighted by Crippen LogP contribution is -2.53. The van der Waals surface area contributed by atoms with Crippen LogP contribution in [0.4, 0.5) is 0 Å². The van der Waals surface area contributed by atoms with E-state index in [1.165, 1.54) is 7.11 Å². The Hall–Kier alpha value is -2.93. The van der Waals surface area contributed by atoms with Crippen molar-refractivity contribution in [2.24, 2.45) is 0 Å². The number of rotatable bonds is 6. The Labute approximate surface area is 183 Å². The van der Waals surface area contributed by atoms with Gasteiger partial charge in [0.25, 0.3) is 0 Å². The normalized spacial score (nSPS) is 15.1. The molecule has 0 atom stereocenters. The Morgan fingerprint density at radius 1 is 1.03 bits per heavy atom. The number of ketones is 1. The summed E-state index contributed by atoms with van der Waals surface area (Å²) < 4.78 is 4.82. The number of H-pyrrole nitrogens is 1. The van der Waals surface area contributed by atoms with Crippen LogP contribution in [0.2, 0.25) is 0 Å². The van der Waals surface area contributed by atoms with Gasteiger partial charge in [0, 0.05) is 31.9 Å². The molecule has 7 nitrogen and oxygen atoms in total. The number of aromatic amines is 1. The van der Waals surface area contributed by atoms with Crippen molar-refractivity contribution in [2.45, 2.75) is 33.1 Å². The summed E-state index contributed by atoms with van der Waals surface area (Å²) in [6.07, 6.45) is 0. The first-order chi connectivity index (χ1) is 14.7. The van der Waals surface area contributed by atoms with Gasteiger partial charge >= 0.3 is 5.97 Å². The van der Waals surface area contributed by atoms with E-state index in [-0.39, 0.29) is 18.2 Å². The molecule has 7 heteroatoms. The molecule has 0 aliphatic carbocycles. The summed E-state index contributed by atoms with van der Waals surface area (Å²) in [6, 6.07) is 9.81. The predicted octanol–water partition coefficient (Wildman–Crippen LogP) is 2.72. The molecule has 1 aromatic carbocycles. The first-order valence-electron chi connectivity index (χ1n) is 10.5. The van der Waals surface area contributed by atoms with Crippen molar-refractivity contribution in [1.82, 2.24) is 14.8 Å². The number of piperazine rings is 1. The maximum absolute atomic E-state index is 13.1. The van der Waals surface area contributed by atoms with E-state index in [1.807, 2.05) is 49.1 Å². The van der Waals surface area contributed by atoms with Gasteiger partial charge in [0.1, 0.15) is 0 Å². The molecule has 1 saturated heterocycles. The summed E-state index contributed by atoms with van der Waals surface area (Å²) in [7, 11) is 1.33. The SMILES string of the molecule is COC(=O)c1c(C)[nH]c(C(=O)CN2CCN(C(=O)C(C)(C)c3ccccc3)CC2)c1C. The van der Waals surface area contributed by atoms with Crippen LogP contribution >= 0.6 is 0 Å². The summed E-state index contributed by atoms with van der Waals surface area (Å²) in [4.78, 5) is 44.9. The Bertz CT molecular complexity index is 970. The second-order valence-corrected chi connectivity index (χ2v) is 8.60. The molecule has 0 spiro atoms. The van der Waals surface area contributed by atoms with Crippen molar-refractivity contribution in [3.8, 4) is 0 Å². The number of hydrogen-bond donors (Lipinski definition) is 1. The van der Waals surface area contributed by atoms with Crippen LogP contribution in [-0.4, -0.2) is 72.3 Å². The molecule has 0 radical (unpaired) electrons. The van der Waals surface area contributed by atoms with E-state index in [0.717, 1.165) is 5.56 Å². The van der Waals surface area contributed by atoms with Gasteiger partial charge in [-0.05, 0) is 38.8 Å². The largest absolute Gasteiger partial charge is 0.465 e. The molecule has 31 heavy (non-hydrogen) atoms. The first kappa shape index (κ1) is 22.7. The van der Waals surface area contributed by atoms with Crippen molar-refractivity contribution >= 4 is 17.7 Å². The Morgan fingerprint density at radius 3 is 2.23 bits per heavy atom. The fourth-order valence-corrected chi connectivity index (χ4v) is 4.20. The van der Waals surface area contributed by atoms with Crippen LogP contribution in [0.1, 0.15) is 51.5 Å². The van der Waals surface area contributed by atoms with Crippen LogP contribution in [-0.2, 0) is 14.9 Å². The highest BCUT2D eigenvalue weighted by Crippen LogP contribution is 2.26. The molecule has 2 aromatic rings. The lowest BCUT2D eigenvalue weighted by atomic mass is 9.83. The van der Waals surface area contributed by atoms with Crippen LogP contribution in [0.3, 0.4) is 0 Å². The average Bonchev–Trinajstić information content (AvgIpc) is 3.07. The van der Waals surface area contributed by atoms with Crippen LogP contribution in [0, 0.1) is 13.8 Å². The summed E-state index contributed by atoms with van der Waals surface area (Å²) >= 11 is 0. The lowest BCUT2D eigenvalue weighted by molar-refractivity contribution is -0.138. The molecule has 0 bridgehead atoms. The predicted molar refractivity (Wildman–Crippen MR) is 118 cm³/mol. The minimum atomic E-state index is -0.595. The number of aromatic nitrogens is 1. The number of amides is 1. The summed E-state index contributed by atoms with van der Waals surface area (Å²) in [5.41, 5.74) is 2.52. The Morgan fingerprint density at radius 2 is 1.65 bits per heavy atom. The number of nitrogens with one attached hydrogen (secondary N) is 1. The van der Waals surface area contributed by atoms with Crippen LogP contribution in [0.25, 0.3) is 0 Å². The highest BCUT2D eigenvalue weighted by atomic mass is 16.5. The van der Waals surface area contributed by atoms with E-state index in [2.05, 4.69) is 9.88 Å². The van der Waals surface area contributed by atoms with Crippen LogP contribution < -0.4 is 0 Å². The number of methoxy groups -OCH3 is 1. The van der Waals surface area contributed by atoms with Gasteiger partial charge < -0.3 is 14.6 Å². The molecule has 2 heterocycles. The molecule has 166 valence electrons. The fourth-order valence-electron chi connectivity index (χ4n) is 4.20. The van der Waals surface area contributed by atoms with Crippen LogP contribution in [0.15, 0.2) is 30.3 Å². The van der Waals surface area contributed by atoms with E-state index < -0.39 is 11.4 Å². The Kier molecular flexibility index (Phi) is 6.65. The average molecular weight is 426 g/mol. The zero-order valence-electron chi connectivity index (χ0n) is 18.9. The quantitative estimate of drug-likeness (QED) is 0.568. The molecule has 1 fully saturated rings. The highest BCUT2D eigenvalue weighted by molar-refractivity contribution is 6.02. The van der Waals surface area contributed by atoms with Gasteiger partial charge in [-0.3, -0.25) is 14.5 Å². The molecule has 1 N–H and O–H groups in total. The van der Waals surface area contributed by atoms with E-state index in [0.29, 0.717) is 48.7 Å². The standard InChI is InChI=1S/C24H31N3O4/c1-16-20(22(29)31-5)17(2)25-21(16)19(28)15-26-11-13-27(14-12-26)23(30)24(3,4)18-9-7-6-8-10-18/h6-10,25H,11-15H2,1-5H3. The molecule has 1 amide bonds. The van der Waals surface area contributed by atoms with E-state index in [1.54, 1.807) is 13.8 Å². The number of carbonyl (C=O) groups excluding carboxylic acids is 3. The number of aryl methyl sites for hydroxylation is 1. The zero-order valence-corrected chi connectivity index (χ0v) is 18.9. The fraction of sp³-hybridized carbons (Fsp3) is 0.458. The molecular weight excluding hydrogens is 394 g/mol. The molecule has 1 aliphatic heterocycles. The monoisotopic (exact) mass is 425 g/mol. The van der Waals surface area contributed by atoms with E-state index >= 15 is 0 Å². The van der Waals surface area contributed by atoms with E-state index in [9.17, 15) is 14.4 Å². The summed E-state index contributed by atoms with van der Waals surface area (Å²) in [5, 5.41) is 0. The number of benzene rings is 1. The van der Waals surface area contributed by atoms with Crippen molar-refractivity contribution in [2.75, 3.05) is 39.8 Å². The number of hydrogen-bond acceptors (Lipinski definition) is 5. The van der Waals surface area contributed by atoms with Crippen molar-refractivity contribution in [1.29, 1.82) is 0 Å². The molecule has 0 saturated carbocycles. The lowest BCUT2D eigenvalue weighted by Gasteiger charge is -2.38. The molecule has 3 rings (SSSR count). The minimum Gasteiger partial charge on any atom is -0.465 e. The third-order valence-electron chi connectivity index (χ3n) is 6.16. The first-order valence-corrected chi connectivity index (χ1v) is 10.5. The smallest absolute Gasteiger partial charge is 0.339 e. The number of esters is 1. The maximum atomic E-state index is 13.1.